The van der Waals surface area contributed by atoms with Gasteiger partial charge in [-0.1, -0.05) is 24.3 Å². The molecule has 0 aliphatic rings. The van der Waals surface area contributed by atoms with Crippen LogP contribution in [0.15, 0.2) is 60.9 Å². The predicted molar refractivity (Wildman–Crippen MR) is 91.5 cm³/mol. The fourth-order valence-corrected chi connectivity index (χ4v) is 2.55. The summed E-state index contributed by atoms with van der Waals surface area (Å²) in [6.07, 6.45) is 3.27. The van der Waals surface area contributed by atoms with Gasteiger partial charge in [-0.2, -0.15) is 0 Å². The zero-order valence-electron chi connectivity index (χ0n) is 14.0. The fourth-order valence-electron chi connectivity index (χ4n) is 2.55. The first-order valence-corrected chi connectivity index (χ1v) is 7.94. The van der Waals surface area contributed by atoms with Crippen molar-refractivity contribution in [1.29, 1.82) is 0 Å². The Morgan fingerprint density at radius 1 is 1.23 bits per heavy atom. The Morgan fingerprint density at radius 2 is 2.04 bits per heavy atom. The van der Waals surface area contributed by atoms with E-state index in [2.05, 4.69) is 10.3 Å². The van der Waals surface area contributed by atoms with Crippen molar-refractivity contribution in [2.24, 2.45) is 7.05 Å². The van der Waals surface area contributed by atoms with Gasteiger partial charge in [-0.3, -0.25) is 4.79 Å². The molecule has 0 unspecified atom stereocenters. The molecule has 1 N–H and O–H groups in total. The van der Waals surface area contributed by atoms with Gasteiger partial charge in [0, 0.05) is 31.1 Å². The summed E-state index contributed by atoms with van der Waals surface area (Å²) in [5, 5.41) is 2.72. The summed E-state index contributed by atoms with van der Waals surface area (Å²) in [4.78, 5) is 16.5. The molecule has 0 aliphatic heterocycles. The van der Waals surface area contributed by atoms with Crippen LogP contribution in [0.3, 0.4) is 0 Å². The van der Waals surface area contributed by atoms with Gasteiger partial charge in [-0.05, 0) is 18.2 Å². The van der Waals surface area contributed by atoms with E-state index in [4.69, 9.17) is 4.74 Å². The van der Waals surface area contributed by atoms with E-state index in [1.165, 1.54) is 24.3 Å². The van der Waals surface area contributed by atoms with Gasteiger partial charge in [0.25, 0.3) is 5.91 Å². The number of imidazole rings is 1. The third kappa shape index (κ3) is 4.05. The number of nitrogens with one attached hydrogen (secondary N) is 1. The van der Waals surface area contributed by atoms with Crippen molar-refractivity contribution in [3.8, 4) is 5.75 Å². The number of benzene rings is 2. The molecule has 0 fully saturated rings. The summed E-state index contributed by atoms with van der Waals surface area (Å²) < 4.78 is 34.4. The molecule has 0 saturated carbocycles. The van der Waals surface area contributed by atoms with Gasteiger partial charge < -0.3 is 14.6 Å². The highest BCUT2D eigenvalue weighted by atomic mass is 19.1. The van der Waals surface area contributed by atoms with E-state index in [-0.39, 0.29) is 12.4 Å². The minimum absolute atomic E-state index is 0.236. The Labute approximate surface area is 149 Å². The molecule has 26 heavy (non-hydrogen) atoms. The van der Waals surface area contributed by atoms with Gasteiger partial charge in [0.05, 0.1) is 0 Å². The van der Waals surface area contributed by atoms with Crippen molar-refractivity contribution < 1.29 is 18.3 Å². The van der Waals surface area contributed by atoms with Crippen LogP contribution in [0.25, 0.3) is 0 Å². The number of halogens is 2. The SMILES string of the molecule is Cn1ccnc1[C@H](NC(=O)COc1cccc(F)c1)c1ccccc1F. The second-order valence-electron chi connectivity index (χ2n) is 5.66. The van der Waals surface area contributed by atoms with Crippen molar-refractivity contribution in [3.63, 3.8) is 0 Å². The number of rotatable bonds is 6. The van der Waals surface area contributed by atoms with E-state index < -0.39 is 23.6 Å². The molecular formula is C19H17F2N3O2. The molecule has 3 aromatic rings. The van der Waals surface area contributed by atoms with E-state index in [9.17, 15) is 13.6 Å². The number of carbonyl (C=O) groups excluding carboxylic acids is 1. The minimum Gasteiger partial charge on any atom is -0.484 e. The third-order valence-electron chi connectivity index (χ3n) is 3.80. The molecule has 134 valence electrons. The molecule has 3 rings (SSSR count). The summed E-state index contributed by atoms with van der Waals surface area (Å²) in [6.45, 7) is -0.334. The molecule has 1 heterocycles. The normalized spacial score (nSPS) is 11.8. The van der Waals surface area contributed by atoms with Gasteiger partial charge in [-0.15, -0.1) is 0 Å². The number of amides is 1. The average molecular weight is 357 g/mol. The maximum Gasteiger partial charge on any atom is 0.258 e. The Bertz CT molecular complexity index is 911. The molecule has 0 bridgehead atoms. The van der Waals surface area contributed by atoms with Crippen molar-refractivity contribution in [1.82, 2.24) is 14.9 Å². The average Bonchev–Trinajstić information content (AvgIpc) is 3.04. The minimum atomic E-state index is -0.778. The number of hydrogen-bond acceptors (Lipinski definition) is 3. The van der Waals surface area contributed by atoms with Gasteiger partial charge in [0.1, 0.15) is 29.3 Å². The lowest BCUT2D eigenvalue weighted by Crippen LogP contribution is -2.35. The molecule has 5 nitrogen and oxygen atoms in total. The van der Waals surface area contributed by atoms with Crippen LogP contribution in [-0.4, -0.2) is 22.1 Å². The largest absolute Gasteiger partial charge is 0.484 e. The molecule has 0 saturated heterocycles. The van der Waals surface area contributed by atoms with Crippen LogP contribution in [-0.2, 0) is 11.8 Å². The second-order valence-corrected chi connectivity index (χ2v) is 5.66. The number of ether oxygens (including phenoxy) is 1. The number of carbonyl (C=O) groups is 1. The van der Waals surface area contributed by atoms with Crippen LogP contribution in [0.1, 0.15) is 17.4 Å². The smallest absolute Gasteiger partial charge is 0.258 e. The molecular weight excluding hydrogens is 340 g/mol. The fraction of sp³-hybridized carbons (Fsp3) is 0.158. The summed E-state index contributed by atoms with van der Waals surface area (Å²) in [7, 11) is 1.76. The van der Waals surface area contributed by atoms with Crippen LogP contribution >= 0.6 is 0 Å². The summed E-state index contributed by atoms with van der Waals surface area (Å²) in [6, 6.07) is 10.9. The van der Waals surface area contributed by atoms with Crippen molar-refractivity contribution in [3.05, 3.63) is 83.9 Å². The summed E-state index contributed by atoms with van der Waals surface area (Å²) >= 11 is 0. The second kappa shape index (κ2) is 7.77. The van der Waals surface area contributed by atoms with Crippen LogP contribution in [0.4, 0.5) is 8.78 Å². The third-order valence-corrected chi connectivity index (χ3v) is 3.80. The monoisotopic (exact) mass is 357 g/mol. The number of hydrogen-bond donors (Lipinski definition) is 1. The maximum atomic E-state index is 14.2. The topological polar surface area (TPSA) is 56.2 Å². The number of aryl methyl sites for hydroxylation is 1. The van der Waals surface area contributed by atoms with Crippen LogP contribution < -0.4 is 10.1 Å². The van der Waals surface area contributed by atoms with E-state index in [1.54, 1.807) is 48.3 Å². The Hall–Kier alpha value is -3.22. The van der Waals surface area contributed by atoms with Crippen molar-refractivity contribution >= 4 is 5.91 Å². The molecule has 1 atom stereocenters. The Kier molecular flexibility index (Phi) is 5.26. The molecule has 0 aliphatic carbocycles. The first-order valence-electron chi connectivity index (χ1n) is 7.94. The summed E-state index contributed by atoms with van der Waals surface area (Å²) in [5.74, 6) is -0.675. The van der Waals surface area contributed by atoms with Gasteiger partial charge >= 0.3 is 0 Å². The van der Waals surface area contributed by atoms with Crippen molar-refractivity contribution in [2.45, 2.75) is 6.04 Å². The van der Waals surface area contributed by atoms with E-state index in [0.29, 0.717) is 11.4 Å². The highest BCUT2D eigenvalue weighted by Crippen LogP contribution is 2.23. The molecule has 7 heteroatoms. The van der Waals surface area contributed by atoms with E-state index in [0.717, 1.165) is 0 Å². The standard InChI is InChI=1S/C19H17F2N3O2/c1-24-10-9-22-19(24)18(15-7-2-3-8-16(15)21)23-17(25)12-26-14-6-4-5-13(20)11-14/h2-11,18H,12H2,1H3,(H,23,25)/t18-/m1/s1. The predicted octanol–water partition coefficient (Wildman–Crippen LogP) is 2.98. The van der Waals surface area contributed by atoms with Crippen LogP contribution in [0.5, 0.6) is 5.75 Å². The Morgan fingerprint density at radius 3 is 2.73 bits per heavy atom. The van der Waals surface area contributed by atoms with Crippen LogP contribution in [0, 0.1) is 11.6 Å². The van der Waals surface area contributed by atoms with Gasteiger partial charge in [0.2, 0.25) is 0 Å². The Balaban J connectivity index is 1.77. The van der Waals surface area contributed by atoms with E-state index in [1.807, 2.05) is 0 Å². The molecule has 0 radical (unpaired) electrons. The van der Waals surface area contributed by atoms with Crippen LogP contribution in [0.2, 0.25) is 0 Å². The van der Waals surface area contributed by atoms with Gasteiger partial charge in [0.15, 0.2) is 6.61 Å². The van der Waals surface area contributed by atoms with Gasteiger partial charge in [-0.25, -0.2) is 13.8 Å². The highest BCUT2D eigenvalue weighted by molar-refractivity contribution is 5.78. The lowest BCUT2D eigenvalue weighted by molar-refractivity contribution is -0.123. The number of nitrogens with zero attached hydrogens (tertiary/aromatic N) is 2. The lowest BCUT2D eigenvalue weighted by atomic mass is 10.1. The van der Waals surface area contributed by atoms with Crippen molar-refractivity contribution in [2.75, 3.05) is 6.61 Å². The molecule has 2 aromatic carbocycles. The maximum absolute atomic E-state index is 14.2. The van der Waals surface area contributed by atoms with E-state index >= 15 is 0 Å². The zero-order chi connectivity index (χ0) is 18.5. The summed E-state index contributed by atoms with van der Waals surface area (Å²) in [5.41, 5.74) is 0.293. The first-order chi connectivity index (χ1) is 12.5. The lowest BCUT2D eigenvalue weighted by Gasteiger charge is -2.20. The molecule has 0 spiro atoms. The number of aromatic nitrogens is 2. The molecule has 1 aromatic heterocycles. The first kappa shape index (κ1) is 17.6. The quantitative estimate of drug-likeness (QED) is 0.738. The zero-order valence-corrected chi connectivity index (χ0v) is 14.0. The highest BCUT2D eigenvalue weighted by Gasteiger charge is 2.23. The molecule has 1 amide bonds.